The molecule has 0 aliphatic carbocycles. The first kappa shape index (κ1) is 20.5. The van der Waals surface area contributed by atoms with Crippen molar-refractivity contribution >= 4 is 26.7 Å². The van der Waals surface area contributed by atoms with Gasteiger partial charge in [0, 0.05) is 37.6 Å². The summed E-state index contributed by atoms with van der Waals surface area (Å²) in [4.78, 5) is 26.7. The summed E-state index contributed by atoms with van der Waals surface area (Å²) in [5.74, 6) is 0.572. The van der Waals surface area contributed by atoms with Crippen LogP contribution in [0.15, 0.2) is 52.2 Å². The Hall–Kier alpha value is -3.44. The summed E-state index contributed by atoms with van der Waals surface area (Å²) < 4.78 is 38.5. The normalized spacial score (nSPS) is 16.8. The fraction of sp³-hybridized carbons (Fsp3) is 0.286. The predicted molar refractivity (Wildman–Crippen MR) is 114 cm³/mol. The van der Waals surface area contributed by atoms with E-state index >= 15 is 0 Å². The third-order valence-corrected chi connectivity index (χ3v) is 7.47. The van der Waals surface area contributed by atoms with Crippen molar-refractivity contribution in [3.8, 4) is 11.5 Å². The lowest BCUT2D eigenvalue weighted by Gasteiger charge is -2.34. The lowest BCUT2D eigenvalue weighted by atomic mass is 10.1. The van der Waals surface area contributed by atoms with Gasteiger partial charge in [-0.15, -0.1) is 0 Å². The number of amides is 1. The molecule has 1 aromatic heterocycles. The summed E-state index contributed by atoms with van der Waals surface area (Å²) in [5, 5.41) is 7.16. The highest BCUT2D eigenvalue weighted by Gasteiger charge is 2.32. The van der Waals surface area contributed by atoms with E-state index in [4.69, 9.17) is 9.47 Å². The summed E-state index contributed by atoms with van der Waals surface area (Å²) in [6, 6.07) is 11.3. The van der Waals surface area contributed by atoms with Crippen molar-refractivity contribution in [3.05, 3.63) is 58.5 Å². The van der Waals surface area contributed by atoms with Crippen LogP contribution >= 0.6 is 0 Å². The molecule has 1 fully saturated rings. The first-order valence-corrected chi connectivity index (χ1v) is 11.6. The van der Waals surface area contributed by atoms with Crippen LogP contribution in [0.4, 0.5) is 0 Å². The molecule has 2 aliphatic rings. The van der Waals surface area contributed by atoms with E-state index in [0.29, 0.717) is 35.5 Å². The summed E-state index contributed by atoms with van der Waals surface area (Å²) in [6.45, 7) is 1.49. The van der Waals surface area contributed by atoms with Crippen LogP contribution in [0.25, 0.3) is 10.8 Å². The number of carbonyl (C=O) groups is 1. The molecule has 11 heteroatoms. The summed E-state index contributed by atoms with van der Waals surface area (Å²) in [5.41, 5.74) is -0.226. The highest BCUT2D eigenvalue weighted by molar-refractivity contribution is 7.89. The second-order valence-electron chi connectivity index (χ2n) is 7.45. The molecular formula is C21H20N4O6S. The zero-order valence-electron chi connectivity index (χ0n) is 17.0. The minimum absolute atomic E-state index is 0.120. The topological polar surface area (TPSA) is 122 Å². The average molecular weight is 456 g/mol. The number of piperazine rings is 1. The minimum Gasteiger partial charge on any atom is -0.486 e. The van der Waals surface area contributed by atoms with Gasteiger partial charge in [0.25, 0.3) is 11.5 Å². The Balaban J connectivity index is 1.34. The Morgan fingerprint density at radius 3 is 2.38 bits per heavy atom. The van der Waals surface area contributed by atoms with E-state index < -0.39 is 10.0 Å². The van der Waals surface area contributed by atoms with Crippen molar-refractivity contribution in [2.24, 2.45) is 0 Å². The largest absolute Gasteiger partial charge is 0.486 e. The van der Waals surface area contributed by atoms with Crippen LogP contribution in [0.5, 0.6) is 11.5 Å². The molecule has 0 atom stereocenters. The van der Waals surface area contributed by atoms with E-state index in [-0.39, 0.29) is 48.2 Å². The molecule has 0 spiro atoms. The first-order chi connectivity index (χ1) is 15.4. The molecule has 166 valence electrons. The highest BCUT2D eigenvalue weighted by atomic mass is 32.2. The van der Waals surface area contributed by atoms with Gasteiger partial charge in [-0.1, -0.05) is 18.2 Å². The van der Waals surface area contributed by atoms with Gasteiger partial charge in [0.15, 0.2) is 17.2 Å². The van der Waals surface area contributed by atoms with Crippen molar-refractivity contribution < 1.29 is 22.7 Å². The Kier molecular flexibility index (Phi) is 5.06. The summed E-state index contributed by atoms with van der Waals surface area (Å²) in [6.07, 6.45) is 0. The lowest BCUT2D eigenvalue weighted by Crippen LogP contribution is -2.50. The Bertz CT molecular complexity index is 1360. The smallest absolute Gasteiger partial charge is 0.275 e. The van der Waals surface area contributed by atoms with Crippen molar-refractivity contribution in [1.82, 2.24) is 19.4 Å². The van der Waals surface area contributed by atoms with Gasteiger partial charge >= 0.3 is 0 Å². The number of fused-ring (bicyclic) bond motifs is 2. The van der Waals surface area contributed by atoms with E-state index in [1.807, 2.05) is 0 Å². The standard InChI is InChI=1S/C21H20N4O6S/c26-20-16-4-2-1-3-15(16)19(22-23-20)21(27)24-7-9-25(10-8-24)32(28,29)14-5-6-17-18(13-14)31-12-11-30-17/h1-6,13H,7-12H2,(H,23,26). The van der Waals surface area contributed by atoms with Gasteiger partial charge in [0.1, 0.15) is 13.2 Å². The third kappa shape index (κ3) is 3.49. The number of nitrogens with zero attached hydrogens (tertiary/aromatic N) is 3. The molecule has 3 aromatic rings. The highest BCUT2D eigenvalue weighted by Crippen LogP contribution is 2.33. The van der Waals surface area contributed by atoms with Gasteiger partial charge in [0.05, 0.1) is 10.3 Å². The van der Waals surface area contributed by atoms with Crippen molar-refractivity contribution in [1.29, 1.82) is 0 Å². The number of hydrogen-bond donors (Lipinski definition) is 1. The number of rotatable bonds is 3. The van der Waals surface area contributed by atoms with E-state index in [2.05, 4.69) is 10.2 Å². The monoisotopic (exact) mass is 456 g/mol. The maximum atomic E-state index is 13.1. The molecule has 1 amide bonds. The maximum Gasteiger partial charge on any atom is 0.275 e. The number of aromatic amines is 1. The van der Waals surface area contributed by atoms with Crippen LogP contribution in [-0.2, 0) is 10.0 Å². The molecule has 32 heavy (non-hydrogen) atoms. The molecule has 10 nitrogen and oxygen atoms in total. The SMILES string of the molecule is O=C(c1n[nH]c(=O)c2ccccc12)N1CCN(S(=O)(=O)c2ccc3c(c2)OCCO3)CC1. The quantitative estimate of drug-likeness (QED) is 0.620. The molecule has 2 aliphatic heterocycles. The van der Waals surface area contributed by atoms with E-state index in [0.717, 1.165) is 0 Å². The minimum atomic E-state index is -3.75. The molecule has 5 rings (SSSR count). The van der Waals surface area contributed by atoms with Crippen LogP contribution in [0.2, 0.25) is 0 Å². The van der Waals surface area contributed by atoms with Crippen LogP contribution in [0.1, 0.15) is 10.5 Å². The second-order valence-corrected chi connectivity index (χ2v) is 9.39. The van der Waals surface area contributed by atoms with Crippen molar-refractivity contribution in [2.75, 3.05) is 39.4 Å². The number of ether oxygens (including phenoxy) is 2. The van der Waals surface area contributed by atoms with Gasteiger partial charge in [-0.3, -0.25) is 9.59 Å². The van der Waals surface area contributed by atoms with Gasteiger partial charge in [-0.2, -0.15) is 9.40 Å². The molecule has 1 N–H and O–H groups in total. The fourth-order valence-electron chi connectivity index (χ4n) is 3.89. The summed E-state index contributed by atoms with van der Waals surface area (Å²) in [7, 11) is -3.75. The molecule has 0 radical (unpaired) electrons. The van der Waals surface area contributed by atoms with Crippen LogP contribution in [0.3, 0.4) is 0 Å². The Labute approximate surface area is 183 Å². The van der Waals surface area contributed by atoms with Crippen molar-refractivity contribution in [2.45, 2.75) is 4.90 Å². The zero-order chi connectivity index (χ0) is 22.3. The Morgan fingerprint density at radius 2 is 1.62 bits per heavy atom. The number of carbonyl (C=O) groups excluding carboxylic acids is 1. The van der Waals surface area contributed by atoms with Gasteiger partial charge in [0.2, 0.25) is 10.0 Å². The second kappa shape index (κ2) is 7.92. The molecular weight excluding hydrogens is 436 g/mol. The van der Waals surface area contributed by atoms with Gasteiger partial charge < -0.3 is 14.4 Å². The lowest BCUT2D eigenvalue weighted by molar-refractivity contribution is 0.0693. The third-order valence-electron chi connectivity index (χ3n) is 5.58. The van der Waals surface area contributed by atoms with Crippen LogP contribution in [0, 0.1) is 0 Å². The Morgan fingerprint density at radius 1 is 0.938 bits per heavy atom. The number of sulfonamides is 1. The maximum absolute atomic E-state index is 13.1. The number of hydrogen-bond acceptors (Lipinski definition) is 7. The van der Waals surface area contributed by atoms with E-state index in [9.17, 15) is 18.0 Å². The average Bonchev–Trinajstić information content (AvgIpc) is 2.84. The van der Waals surface area contributed by atoms with Crippen molar-refractivity contribution in [3.63, 3.8) is 0 Å². The predicted octanol–water partition coefficient (Wildman–Crippen LogP) is 0.841. The molecule has 3 heterocycles. The first-order valence-electron chi connectivity index (χ1n) is 10.1. The molecule has 0 bridgehead atoms. The number of H-pyrrole nitrogens is 1. The number of nitrogens with one attached hydrogen (secondary N) is 1. The fourth-order valence-corrected chi connectivity index (χ4v) is 5.33. The van der Waals surface area contributed by atoms with Crippen LogP contribution < -0.4 is 15.0 Å². The number of aromatic nitrogens is 2. The van der Waals surface area contributed by atoms with E-state index in [1.165, 1.54) is 16.4 Å². The molecule has 0 unspecified atom stereocenters. The van der Waals surface area contributed by atoms with E-state index in [1.54, 1.807) is 35.2 Å². The number of benzene rings is 2. The van der Waals surface area contributed by atoms with Gasteiger partial charge in [-0.05, 0) is 18.2 Å². The van der Waals surface area contributed by atoms with Gasteiger partial charge in [-0.25, -0.2) is 13.5 Å². The zero-order valence-corrected chi connectivity index (χ0v) is 17.8. The molecule has 1 saturated heterocycles. The molecule has 2 aromatic carbocycles. The summed E-state index contributed by atoms with van der Waals surface area (Å²) >= 11 is 0. The van der Waals surface area contributed by atoms with Crippen LogP contribution in [-0.4, -0.2) is 73.1 Å². The molecule has 0 saturated carbocycles.